The minimum absolute atomic E-state index is 0.114. The van der Waals surface area contributed by atoms with Crippen molar-refractivity contribution in [3.63, 3.8) is 0 Å². The highest BCUT2D eigenvalue weighted by atomic mass is 16.3. The van der Waals surface area contributed by atoms with Crippen LogP contribution in [0.2, 0.25) is 0 Å². The molecule has 0 bridgehead atoms. The van der Waals surface area contributed by atoms with Gasteiger partial charge in [0.1, 0.15) is 11.4 Å². The van der Waals surface area contributed by atoms with Crippen molar-refractivity contribution in [1.29, 1.82) is 0 Å². The molecule has 5 N–H and O–H groups in total. The van der Waals surface area contributed by atoms with Gasteiger partial charge in [-0.1, -0.05) is 24.3 Å². The first-order chi connectivity index (χ1) is 14.5. The van der Waals surface area contributed by atoms with E-state index in [1.165, 1.54) is 0 Å². The number of aromatic hydroxyl groups is 1. The lowest BCUT2D eigenvalue weighted by Crippen LogP contribution is -2.07. The zero-order chi connectivity index (χ0) is 21.1. The quantitative estimate of drug-likeness (QED) is 0.377. The number of para-hydroxylation sites is 1. The molecule has 0 radical (unpaired) electrons. The van der Waals surface area contributed by atoms with Crippen LogP contribution in [0.25, 0.3) is 11.0 Å². The number of nitrogens with one attached hydrogen (secondary N) is 1. The third kappa shape index (κ3) is 4.06. The Kier molecular flexibility index (Phi) is 5.54. The van der Waals surface area contributed by atoms with Gasteiger partial charge < -0.3 is 25.8 Å². The van der Waals surface area contributed by atoms with Crippen LogP contribution < -0.4 is 11.1 Å². The van der Waals surface area contributed by atoms with Crippen LogP contribution in [-0.4, -0.2) is 31.4 Å². The van der Waals surface area contributed by atoms with Gasteiger partial charge in [0.25, 0.3) is 0 Å². The summed E-state index contributed by atoms with van der Waals surface area (Å²) in [5.74, 6) is 0.520. The first-order valence-corrected chi connectivity index (χ1v) is 9.88. The van der Waals surface area contributed by atoms with E-state index in [0.717, 1.165) is 33.5 Å². The summed E-state index contributed by atoms with van der Waals surface area (Å²) in [7, 11) is 0. The Labute approximate surface area is 174 Å². The number of aromatic nitrogens is 3. The SMILES string of the molecule is Cc1ccc(O)c(Cn2c(N)nc3ccc(CNc4ccccc4CCO)cc32)n1. The fraction of sp³-hybridized carbons (Fsp3) is 0.217. The predicted octanol–water partition coefficient (Wildman–Crippen LogP) is 3.22. The topological polar surface area (TPSA) is 109 Å². The summed E-state index contributed by atoms with van der Waals surface area (Å²) in [5, 5.41) is 22.9. The Hall–Kier alpha value is -3.58. The van der Waals surface area contributed by atoms with Crippen LogP contribution in [0.5, 0.6) is 5.75 Å². The summed E-state index contributed by atoms with van der Waals surface area (Å²) in [6.45, 7) is 2.96. The molecule has 7 nitrogen and oxygen atoms in total. The lowest BCUT2D eigenvalue weighted by Gasteiger charge is -2.12. The third-order valence-electron chi connectivity index (χ3n) is 5.12. The van der Waals surface area contributed by atoms with E-state index >= 15 is 0 Å². The van der Waals surface area contributed by atoms with E-state index in [4.69, 9.17) is 5.73 Å². The first-order valence-electron chi connectivity index (χ1n) is 9.88. The van der Waals surface area contributed by atoms with Gasteiger partial charge in [0, 0.05) is 24.5 Å². The van der Waals surface area contributed by atoms with Gasteiger partial charge in [-0.05, 0) is 54.8 Å². The molecule has 0 amide bonds. The highest BCUT2D eigenvalue weighted by Crippen LogP contribution is 2.24. The van der Waals surface area contributed by atoms with Crippen molar-refractivity contribution in [2.24, 2.45) is 0 Å². The van der Waals surface area contributed by atoms with Crippen molar-refractivity contribution in [2.45, 2.75) is 26.4 Å². The van der Waals surface area contributed by atoms with Gasteiger partial charge in [-0.2, -0.15) is 0 Å². The normalized spacial score (nSPS) is 11.1. The second-order valence-electron chi connectivity index (χ2n) is 7.28. The molecule has 2 heterocycles. The van der Waals surface area contributed by atoms with E-state index in [0.29, 0.717) is 31.2 Å². The van der Waals surface area contributed by atoms with Crippen molar-refractivity contribution in [1.82, 2.24) is 14.5 Å². The van der Waals surface area contributed by atoms with Crippen molar-refractivity contribution >= 4 is 22.7 Å². The molecule has 2 aromatic carbocycles. The van der Waals surface area contributed by atoms with Gasteiger partial charge in [-0.15, -0.1) is 0 Å². The number of aliphatic hydroxyl groups excluding tert-OH is 1. The molecule has 2 aromatic heterocycles. The van der Waals surface area contributed by atoms with E-state index in [2.05, 4.69) is 15.3 Å². The highest BCUT2D eigenvalue weighted by Gasteiger charge is 2.13. The Bertz CT molecular complexity index is 1190. The molecule has 0 fully saturated rings. The minimum Gasteiger partial charge on any atom is -0.506 e. The maximum Gasteiger partial charge on any atom is 0.201 e. The van der Waals surface area contributed by atoms with Crippen molar-refractivity contribution in [3.05, 3.63) is 77.1 Å². The number of benzene rings is 2. The second kappa shape index (κ2) is 8.42. The Balaban J connectivity index is 1.61. The molecule has 0 atom stereocenters. The molecule has 0 saturated carbocycles. The van der Waals surface area contributed by atoms with Gasteiger partial charge in [0.2, 0.25) is 5.95 Å². The monoisotopic (exact) mass is 403 g/mol. The zero-order valence-electron chi connectivity index (χ0n) is 16.8. The standard InChI is InChI=1S/C23H25N5O2/c1-15-6-9-22(30)20(26-15)14-28-21-12-16(7-8-19(21)27-23(28)24)13-25-18-5-3-2-4-17(18)10-11-29/h2-9,12,25,29-30H,10-11,13-14H2,1H3,(H2,24,27). The van der Waals surface area contributed by atoms with Crippen molar-refractivity contribution < 1.29 is 10.2 Å². The Morgan fingerprint density at radius 3 is 2.73 bits per heavy atom. The number of aliphatic hydroxyl groups is 1. The van der Waals surface area contributed by atoms with Crippen LogP contribution in [0.1, 0.15) is 22.5 Å². The molecule has 4 aromatic rings. The predicted molar refractivity (Wildman–Crippen MR) is 118 cm³/mol. The maximum absolute atomic E-state index is 10.2. The molecule has 0 saturated heterocycles. The fourth-order valence-corrected chi connectivity index (χ4v) is 3.56. The number of nitrogens with two attached hydrogens (primary N) is 1. The number of pyridine rings is 1. The van der Waals surface area contributed by atoms with Gasteiger partial charge >= 0.3 is 0 Å². The molecule has 0 aliphatic heterocycles. The molecule has 0 spiro atoms. The number of nitrogens with zero attached hydrogens (tertiary/aromatic N) is 3. The summed E-state index contributed by atoms with van der Waals surface area (Å²) in [4.78, 5) is 8.88. The Morgan fingerprint density at radius 2 is 1.90 bits per heavy atom. The summed E-state index contributed by atoms with van der Waals surface area (Å²) >= 11 is 0. The van der Waals surface area contributed by atoms with Crippen molar-refractivity contribution in [2.75, 3.05) is 17.7 Å². The lowest BCUT2D eigenvalue weighted by atomic mass is 10.1. The van der Waals surface area contributed by atoms with Gasteiger partial charge in [0.05, 0.1) is 17.6 Å². The smallest absolute Gasteiger partial charge is 0.201 e. The molecule has 0 unspecified atom stereocenters. The largest absolute Gasteiger partial charge is 0.506 e. The van der Waals surface area contributed by atoms with Crippen LogP contribution in [-0.2, 0) is 19.5 Å². The van der Waals surface area contributed by atoms with Crippen LogP contribution in [0.4, 0.5) is 11.6 Å². The zero-order valence-corrected chi connectivity index (χ0v) is 16.8. The number of nitrogen functional groups attached to an aromatic ring is 1. The van der Waals surface area contributed by atoms with Crippen LogP contribution in [0.15, 0.2) is 54.6 Å². The Morgan fingerprint density at radius 1 is 1.07 bits per heavy atom. The lowest BCUT2D eigenvalue weighted by molar-refractivity contribution is 0.300. The number of fused-ring (bicyclic) bond motifs is 1. The number of aryl methyl sites for hydroxylation is 1. The average molecular weight is 403 g/mol. The van der Waals surface area contributed by atoms with E-state index in [1.54, 1.807) is 12.1 Å². The summed E-state index contributed by atoms with van der Waals surface area (Å²) in [6.07, 6.45) is 0.610. The van der Waals surface area contributed by atoms with E-state index < -0.39 is 0 Å². The summed E-state index contributed by atoms with van der Waals surface area (Å²) in [5.41, 5.74) is 12.4. The average Bonchev–Trinajstić information content (AvgIpc) is 3.05. The molecular formula is C23H25N5O2. The van der Waals surface area contributed by atoms with E-state index in [-0.39, 0.29) is 12.4 Å². The first kappa shape index (κ1) is 19.7. The van der Waals surface area contributed by atoms with Crippen LogP contribution in [0.3, 0.4) is 0 Å². The summed E-state index contributed by atoms with van der Waals surface area (Å²) in [6, 6.07) is 17.4. The van der Waals surface area contributed by atoms with Gasteiger partial charge in [0.15, 0.2) is 0 Å². The third-order valence-corrected chi connectivity index (χ3v) is 5.12. The molecule has 0 aliphatic rings. The van der Waals surface area contributed by atoms with Crippen LogP contribution in [0, 0.1) is 6.92 Å². The molecule has 30 heavy (non-hydrogen) atoms. The van der Waals surface area contributed by atoms with Crippen molar-refractivity contribution in [3.8, 4) is 5.75 Å². The van der Waals surface area contributed by atoms with Gasteiger partial charge in [-0.25, -0.2) is 4.98 Å². The number of imidazole rings is 1. The van der Waals surface area contributed by atoms with Crippen LogP contribution >= 0.6 is 0 Å². The molecule has 0 aliphatic carbocycles. The maximum atomic E-state index is 10.2. The molecule has 4 rings (SSSR count). The van der Waals surface area contributed by atoms with E-state index in [9.17, 15) is 10.2 Å². The number of hydrogen-bond donors (Lipinski definition) is 4. The fourth-order valence-electron chi connectivity index (χ4n) is 3.56. The number of hydrogen-bond acceptors (Lipinski definition) is 6. The number of anilines is 2. The van der Waals surface area contributed by atoms with E-state index in [1.807, 2.05) is 54.0 Å². The molecular weight excluding hydrogens is 378 g/mol. The minimum atomic E-state index is 0.114. The highest BCUT2D eigenvalue weighted by molar-refractivity contribution is 5.79. The van der Waals surface area contributed by atoms with Gasteiger partial charge in [-0.3, -0.25) is 4.98 Å². The number of rotatable bonds is 7. The molecule has 7 heteroatoms. The molecule has 154 valence electrons. The second-order valence-corrected chi connectivity index (χ2v) is 7.28. The summed E-state index contributed by atoms with van der Waals surface area (Å²) < 4.78 is 1.86.